The first-order valence-corrected chi connectivity index (χ1v) is 5.72. The maximum Gasteiger partial charge on any atom is 0.255 e. The first-order valence-electron chi connectivity index (χ1n) is 5.72. The van der Waals surface area contributed by atoms with Gasteiger partial charge in [-0.15, -0.1) is 0 Å². The fraction of sp³-hybridized carbons (Fsp3) is 0.385. The average molecular weight is 232 g/mol. The molecule has 0 aliphatic carbocycles. The Hall–Kier alpha value is -1.84. The Labute approximate surface area is 100 Å². The Bertz CT molecular complexity index is 543. The molecule has 4 heteroatoms. The van der Waals surface area contributed by atoms with E-state index >= 15 is 0 Å². The average Bonchev–Trinajstić information content (AvgIpc) is 2.65. The first kappa shape index (κ1) is 11.6. The number of benzene rings is 1. The lowest BCUT2D eigenvalue weighted by Crippen LogP contribution is -2.27. The molecule has 0 unspecified atom stereocenters. The van der Waals surface area contributed by atoms with E-state index in [4.69, 9.17) is 4.42 Å². The predicted octanol–water partition coefficient (Wildman–Crippen LogP) is 2.52. The molecule has 1 aromatic carbocycles. The van der Waals surface area contributed by atoms with E-state index in [2.05, 4.69) is 24.1 Å². The van der Waals surface area contributed by atoms with Crippen molar-refractivity contribution in [2.24, 2.45) is 5.92 Å². The molecule has 0 spiro atoms. The summed E-state index contributed by atoms with van der Waals surface area (Å²) >= 11 is 0. The maximum atomic E-state index is 12.0. The van der Waals surface area contributed by atoms with Crippen LogP contribution < -0.4 is 5.32 Å². The minimum Gasteiger partial charge on any atom is -0.440 e. The van der Waals surface area contributed by atoms with Gasteiger partial charge in [-0.1, -0.05) is 19.9 Å². The van der Waals surface area contributed by atoms with Crippen LogP contribution in [0.1, 0.15) is 30.1 Å². The number of rotatable bonds is 3. The summed E-state index contributed by atoms with van der Waals surface area (Å²) in [6, 6.07) is 5.41. The number of aromatic nitrogens is 1. The summed E-state index contributed by atoms with van der Waals surface area (Å²) in [7, 11) is 0. The van der Waals surface area contributed by atoms with E-state index in [1.54, 1.807) is 13.0 Å². The molecule has 1 heterocycles. The largest absolute Gasteiger partial charge is 0.440 e. The van der Waals surface area contributed by atoms with Crippen LogP contribution in [0.15, 0.2) is 22.6 Å². The number of hydrogen-bond acceptors (Lipinski definition) is 3. The van der Waals surface area contributed by atoms with Crippen LogP contribution in [-0.2, 0) is 0 Å². The number of aryl methyl sites for hydroxylation is 1. The number of carbonyl (C=O) groups is 1. The van der Waals surface area contributed by atoms with Crippen molar-refractivity contribution in [2.45, 2.75) is 20.8 Å². The second-order valence-corrected chi connectivity index (χ2v) is 4.49. The summed E-state index contributed by atoms with van der Waals surface area (Å²) in [5.41, 5.74) is 1.83. The fourth-order valence-electron chi connectivity index (χ4n) is 1.63. The van der Waals surface area contributed by atoms with E-state index in [1.165, 1.54) is 0 Å². The maximum absolute atomic E-state index is 12.0. The molecule has 2 rings (SSSR count). The van der Waals surface area contributed by atoms with Crippen molar-refractivity contribution in [3.05, 3.63) is 29.7 Å². The summed E-state index contributed by atoms with van der Waals surface area (Å²) in [5, 5.41) is 2.87. The van der Waals surface area contributed by atoms with Crippen LogP contribution in [0.3, 0.4) is 0 Å². The van der Waals surface area contributed by atoms with E-state index in [0.717, 1.165) is 5.52 Å². The lowest BCUT2D eigenvalue weighted by atomic mass is 10.1. The van der Waals surface area contributed by atoms with Crippen LogP contribution in [0, 0.1) is 12.8 Å². The molecule has 4 nitrogen and oxygen atoms in total. The van der Waals surface area contributed by atoms with Gasteiger partial charge in [-0.05, 0) is 18.1 Å². The smallest absolute Gasteiger partial charge is 0.255 e. The molecule has 0 aliphatic heterocycles. The molecule has 0 saturated carbocycles. The minimum atomic E-state index is -0.111. The van der Waals surface area contributed by atoms with Gasteiger partial charge in [0.05, 0.1) is 5.56 Å². The molecule has 0 bridgehead atoms. The van der Waals surface area contributed by atoms with Gasteiger partial charge in [0.1, 0.15) is 5.52 Å². The Morgan fingerprint density at radius 2 is 2.24 bits per heavy atom. The van der Waals surface area contributed by atoms with Crippen LogP contribution in [0.5, 0.6) is 0 Å². The third kappa shape index (κ3) is 2.46. The molecule has 0 atom stereocenters. The standard InChI is InChI=1S/C13H16N2O2/c1-8(2)7-14-13(16)10-5-4-6-11-12(10)17-9(3)15-11/h4-6,8H,7H2,1-3H3,(H,14,16). The fourth-order valence-corrected chi connectivity index (χ4v) is 1.63. The minimum absolute atomic E-state index is 0.111. The van der Waals surface area contributed by atoms with Crippen molar-refractivity contribution in [2.75, 3.05) is 6.54 Å². The number of amides is 1. The van der Waals surface area contributed by atoms with Gasteiger partial charge in [0.15, 0.2) is 11.5 Å². The number of para-hydroxylation sites is 1. The van der Waals surface area contributed by atoms with Gasteiger partial charge in [0.2, 0.25) is 0 Å². The third-order valence-electron chi connectivity index (χ3n) is 2.44. The zero-order valence-corrected chi connectivity index (χ0v) is 10.3. The lowest BCUT2D eigenvalue weighted by Gasteiger charge is -2.07. The van der Waals surface area contributed by atoms with Crippen LogP contribution in [-0.4, -0.2) is 17.4 Å². The van der Waals surface area contributed by atoms with E-state index in [1.807, 2.05) is 12.1 Å². The molecule has 1 amide bonds. The number of fused-ring (bicyclic) bond motifs is 1. The number of nitrogens with zero attached hydrogens (tertiary/aromatic N) is 1. The van der Waals surface area contributed by atoms with Crippen molar-refractivity contribution in [1.82, 2.24) is 10.3 Å². The highest BCUT2D eigenvalue weighted by molar-refractivity contribution is 6.04. The van der Waals surface area contributed by atoms with Gasteiger partial charge in [0.25, 0.3) is 5.91 Å². The first-order chi connectivity index (χ1) is 8.08. The zero-order valence-electron chi connectivity index (χ0n) is 10.3. The highest BCUT2D eigenvalue weighted by Crippen LogP contribution is 2.19. The van der Waals surface area contributed by atoms with E-state index in [-0.39, 0.29) is 5.91 Å². The highest BCUT2D eigenvalue weighted by atomic mass is 16.3. The SMILES string of the molecule is Cc1nc2cccc(C(=O)NCC(C)C)c2o1. The van der Waals surface area contributed by atoms with Crippen molar-refractivity contribution in [3.8, 4) is 0 Å². The number of carbonyl (C=O) groups excluding carboxylic acids is 1. The molecule has 1 N–H and O–H groups in total. The molecular formula is C13H16N2O2. The van der Waals surface area contributed by atoms with Gasteiger partial charge in [-0.3, -0.25) is 4.79 Å². The molecule has 0 fully saturated rings. The normalized spacial score (nSPS) is 11.1. The molecule has 90 valence electrons. The number of hydrogen-bond donors (Lipinski definition) is 1. The molecule has 0 saturated heterocycles. The summed E-state index contributed by atoms with van der Waals surface area (Å²) in [4.78, 5) is 16.2. The summed E-state index contributed by atoms with van der Waals surface area (Å²) in [6.07, 6.45) is 0. The third-order valence-corrected chi connectivity index (χ3v) is 2.44. The van der Waals surface area contributed by atoms with Gasteiger partial charge in [0, 0.05) is 13.5 Å². The molecular weight excluding hydrogens is 216 g/mol. The van der Waals surface area contributed by atoms with Gasteiger partial charge in [-0.25, -0.2) is 4.98 Å². The molecule has 1 aromatic heterocycles. The molecule has 0 radical (unpaired) electrons. The number of oxazole rings is 1. The molecule has 2 aromatic rings. The lowest BCUT2D eigenvalue weighted by molar-refractivity contribution is 0.0949. The Balaban J connectivity index is 2.31. The summed E-state index contributed by atoms with van der Waals surface area (Å²) < 4.78 is 5.46. The monoisotopic (exact) mass is 232 g/mol. The van der Waals surface area contributed by atoms with Crippen LogP contribution in [0.4, 0.5) is 0 Å². The van der Waals surface area contributed by atoms with Crippen LogP contribution >= 0.6 is 0 Å². The Morgan fingerprint density at radius 3 is 2.94 bits per heavy atom. The topological polar surface area (TPSA) is 55.1 Å². The Morgan fingerprint density at radius 1 is 1.47 bits per heavy atom. The van der Waals surface area contributed by atoms with Gasteiger partial charge >= 0.3 is 0 Å². The van der Waals surface area contributed by atoms with Gasteiger partial charge in [-0.2, -0.15) is 0 Å². The number of nitrogens with one attached hydrogen (secondary N) is 1. The molecule has 0 aliphatic rings. The van der Waals surface area contributed by atoms with E-state index < -0.39 is 0 Å². The molecule has 17 heavy (non-hydrogen) atoms. The van der Waals surface area contributed by atoms with Crippen LogP contribution in [0.25, 0.3) is 11.1 Å². The van der Waals surface area contributed by atoms with Crippen molar-refractivity contribution in [3.63, 3.8) is 0 Å². The summed E-state index contributed by atoms with van der Waals surface area (Å²) in [6.45, 7) is 6.54. The zero-order chi connectivity index (χ0) is 12.4. The van der Waals surface area contributed by atoms with Crippen LogP contribution in [0.2, 0.25) is 0 Å². The Kier molecular flexibility index (Phi) is 3.13. The highest BCUT2D eigenvalue weighted by Gasteiger charge is 2.14. The van der Waals surface area contributed by atoms with Gasteiger partial charge < -0.3 is 9.73 Å². The summed E-state index contributed by atoms with van der Waals surface area (Å²) in [5.74, 6) is 0.888. The van der Waals surface area contributed by atoms with Crippen molar-refractivity contribution < 1.29 is 9.21 Å². The second-order valence-electron chi connectivity index (χ2n) is 4.49. The second kappa shape index (κ2) is 4.57. The quantitative estimate of drug-likeness (QED) is 0.884. The van der Waals surface area contributed by atoms with E-state index in [0.29, 0.717) is 29.5 Å². The van der Waals surface area contributed by atoms with E-state index in [9.17, 15) is 4.79 Å². The van der Waals surface area contributed by atoms with Crippen molar-refractivity contribution >= 4 is 17.0 Å². The predicted molar refractivity (Wildman–Crippen MR) is 65.9 cm³/mol. The van der Waals surface area contributed by atoms with Crippen molar-refractivity contribution in [1.29, 1.82) is 0 Å².